The van der Waals surface area contributed by atoms with Gasteiger partial charge in [-0.15, -0.1) is 16.4 Å². The van der Waals surface area contributed by atoms with Crippen molar-refractivity contribution in [3.05, 3.63) is 51.2 Å². The van der Waals surface area contributed by atoms with E-state index in [1.807, 2.05) is 0 Å². The van der Waals surface area contributed by atoms with Crippen molar-refractivity contribution in [1.29, 1.82) is 0 Å². The third-order valence-corrected chi connectivity index (χ3v) is 5.17. The van der Waals surface area contributed by atoms with Gasteiger partial charge in [0.05, 0.1) is 26.2 Å². The third kappa shape index (κ3) is 3.64. The van der Waals surface area contributed by atoms with Crippen molar-refractivity contribution in [3.8, 4) is 5.69 Å². The van der Waals surface area contributed by atoms with Gasteiger partial charge in [0.15, 0.2) is 5.78 Å². The summed E-state index contributed by atoms with van der Waals surface area (Å²) in [6, 6.07) is 9.50. The van der Waals surface area contributed by atoms with Crippen LogP contribution in [-0.4, -0.2) is 42.8 Å². The predicted molar refractivity (Wildman–Crippen MR) is 90.5 cm³/mol. The number of nitrogens with zero attached hydrogens (tertiary/aromatic N) is 4. The van der Waals surface area contributed by atoms with Crippen LogP contribution in [0.15, 0.2) is 41.6 Å². The van der Waals surface area contributed by atoms with E-state index in [1.54, 1.807) is 24.3 Å². The molecule has 1 aromatic carbocycles. The van der Waals surface area contributed by atoms with Gasteiger partial charge in [0.1, 0.15) is 0 Å². The fourth-order valence-electron chi connectivity index (χ4n) is 1.84. The van der Waals surface area contributed by atoms with Crippen molar-refractivity contribution < 1.29 is 14.7 Å². The lowest BCUT2D eigenvalue weighted by atomic mass is 10.2. The first kappa shape index (κ1) is 16.6. The summed E-state index contributed by atoms with van der Waals surface area (Å²) in [6.45, 7) is 0. The summed E-state index contributed by atoms with van der Waals surface area (Å²) in [4.78, 5) is 23.6. The van der Waals surface area contributed by atoms with Gasteiger partial charge in [0.25, 0.3) is 0 Å². The lowest BCUT2D eigenvalue weighted by Crippen LogP contribution is -2.04. The Balaban J connectivity index is 1.73. The van der Waals surface area contributed by atoms with E-state index in [0.717, 1.165) is 0 Å². The minimum Gasteiger partial charge on any atom is -0.478 e. The van der Waals surface area contributed by atoms with Crippen LogP contribution in [0.4, 0.5) is 0 Å². The summed E-state index contributed by atoms with van der Waals surface area (Å²) >= 11 is 8.25. The van der Waals surface area contributed by atoms with Crippen molar-refractivity contribution in [3.63, 3.8) is 0 Å². The molecule has 3 rings (SSSR count). The van der Waals surface area contributed by atoms with Gasteiger partial charge in [-0.25, -0.2) is 4.79 Å². The Kier molecular flexibility index (Phi) is 4.93. The number of rotatable bonds is 6. The van der Waals surface area contributed by atoms with Gasteiger partial charge >= 0.3 is 5.97 Å². The molecule has 1 N–H and O–H groups in total. The maximum absolute atomic E-state index is 12.1. The molecule has 0 atom stereocenters. The highest BCUT2D eigenvalue weighted by atomic mass is 35.5. The molecule has 0 bridgehead atoms. The fraction of sp³-hybridized carbons (Fsp3) is 0.0714. The van der Waals surface area contributed by atoms with Gasteiger partial charge in [-0.2, -0.15) is 4.68 Å². The van der Waals surface area contributed by atoms with Crippen LogP contribution in [0.1, 0.15) is 20.0 Å². The van der Waals surface area contributed by atoms with Crippen LogP contribution in [0.25, 0.3) is 5.69 Å². The number of carbonyl (C=O) groups excluding carboxylic acids is 1. The second-order valence-corrected chi connectivity index (χ2v) is 7.20. The number of Topliss-reactive ketones (excluding diaryl/α,β-unsaturated/α-hetero) is 1. The van der Waals surface area contributed by atoms with Crippen LogP contribution in [0.2, 0.25) is 4.34 Å². The molecular weight excluding hydrogens is 372 g/mol. The molecule has 0 saturated heterocycles. The van der Waals surface area contributed by atoms with Crippen LogP contribution >= 0.6 is 34.7 Å². The Bertz CT molecular complexity index is 892. The molecule has 2 heterocycles. The number of aromatic nitrogens is 4. The van der Waals surface area contributed by atoms with Crippen molar-refractivity contribution in [2.45, 2.75) is 5.16 Å². The normalized spacial score (nSPS) is 10.7. The standard InChI is InChI=1S/C14H9ClN4O3S2/c15-12-6-5-11(24-12)10(20)7-23-14-16-17-18-19(14)9-3-1-8(2-4-9)13(21)22/h1-6H,7H2,(H,21,22). The van der Waals surface area contributed by atoms with Crippen molar-refractivity contribution in [2.75, 3.05) is 5.75 Å². The Labute approximate surface area is 149 Å². The fourth-order valence-corrected chi connectivity index (χ4v) is 3.69. The third-order valence-electron chi connectivity index (χ3n) is 2.98. The summed E-state index contributed by atoms with van der Waals surface area (Å²) in [7, 11) is 0. The number of thioether (sulfide) groups is 1. The summed E-state index contributed by atoms with van der Waals surface area (Å²) < 4.78 is 2.01. The summed E-state index contributed by atoms with van der Waals surface area (Å²) in [6.07, 6.45) is 0. The predicted octanol–water partition coefficient (Wildman–Crippen LogP) is 3.05. The minimum atomic E-state index is -1.01. The van der Waals surface area contributed by atoms with Crippen LogP contribution < -0.4 is 0 Å². The second kappa shape index (κ2) is 7.12. The molecule has 10 heteroatoms. The Morgan fingerprint density at radius 1 is 1.21 bits per heavy atom. The van der Waals surface area contributed by atoms with E-state index in [9.17, 15) is 9.59 Å². The Morgan fingerprint density at radius 3 is 2.58 bits per heavy atom. The molecule has 3 aromatic rings. The second-order valence-electron chi connectivity index (χ2n) is 4.54. The molecule has 24 heavy (non-hydrogen) atoms. The first-order chi connectivity index (χ1) is 11.5. The molecule has 0 aliphatic heterocycles. The number of benzene rings is 1. The average molecular weight is 381 g/mol. The molecular formula is C14H9ClN4O3S2. The summed E-state index contributed by atoms with van der Waals surface area (Å²) in [5, 5.41) is 20.7. The lowest BCUT2D eigenvalue weighted by Gasteiger charge is -2.04. The first-order valence-electron chi connectivity index (χ1n) is 6.58. The number of aromatic carboxylic acids is 1. The van der Waals surface area contributed by atoms with E-state index in [4.69, 9.17) is 16.7 Å². The minimum absolute atomic E-state index is 0.0623. The van der Waals surface area contributed by atoms with Crippen LogP contribution in [0.3, 0.4) is 0 Å². The van der Waals surface area contributed by atoms with Gasteiger partial charge in [-0.1, -0.05) is 23.4 Å². The zero-order valence-corrected chi connectivity index (χ0v) is 14.3. The van der Waals surface area contributed by atoms with E-state index in [1.165, 1.54) is 39.9 Å². The summed E-state index contributed by atoms with van der Waals surface area (Å²) in [5.41, 5.74) is 0.782. The van der Waals surface area contributed by atoms with Gasteiger partial charge in [0.2, 0.25) is 5.16 Å². The van der Waals surface area contributed by atoms with Crippen LogP contribution in [0.5, 0.6) is 0 Å². The number of carboxylic acids is 1. The SMILES string of the molecule is O=C(O)c1ccc(-n2nnnc2SCC(=O)c2ccc(Cl)s2)cc1. The highest BCUT2D eigenvalue weighted by Gasteiger charge is 2.14. The quantitative estimate of drug-likeness (QED) is 0.518. The molecule has 0 unspecified atom stereocenters. The van der Waals surface area contributed by atoms with E-state index in [0.29, 0.717) is 20.1 Å². The Hall–Kier alpha value is -2.23. The number of hydrogen-bond acceptors (Lipinski definition) is 7. The molecule has 2 aromatic heterocycles. The number of carboxylic acid groups (broad SMARTS) is 1. The molecule has 0 saturated carbocycles. The molecule has 0 aliphatic rings. The molecule has 122 valence electrons. The highest BCUT2D eigenvalue weighted by Crippen LogP contribution is 2.25. The highest BCUT2D eigenvalue weighted by molar-refractivity contribution is 7.99. The van der Waals surface area contributed by atoms with E-state index < -0.39 is 5.97 Å². The summed E-state index contributed by atoms with van der Waals surface area (Å²) in [5.74, 6) is -0.898. The van der Waals surface area contributed by atoms with E-state index in [-0.39, 0.29) is 17.1 Å². The number of halogens is 1. The van der Waals surface area contributed by atoms with Crippen molar-refractivity contribution in [2.24, 2.45) is 0 Å². The van der Waals surface area contributed by atoms with Gasteiger partial charge in [-0.05, 0) is 46.8 Å². The van der Waals surface area contributed by atoms with E-state index in [2.05, 4.69) is 15.5 Å². The molecule has 7 nitrogen and oxygen atoms in total. The zero-order valence-electron chi connectivity index (χ0n) is 11.9. The number of thiophene rings is 1. The molecule has 0 amide bonds. The van der Waals surface area contributed by atoms with Gasteiger partial charge in [0, 0.05) is 0 Å². The number of hydrogen-bond donors (Lipinski definition) is 1. The molecule has 0 aliphatic carbocycles. The van der Waals surface area contributed by atoms with Crippen molar-refractivity contribution in [1.82, 2.24) is 20.2 Å². The maximum atomic E-state index is 12.1. The number of ketones is 1. The number of carbonyl (C=O) groups is 2. The van der Waals surface area contributed by atoms with Crippen molar-refractivity contribution >= 4 is 46.5 Å². The monoisotopic (exact) mass is 380 g/mol. The molecule has 0 radical (unpaired) electrons. The van der Waals surface area contributed by atoms with E-state index >= 15 is 0 Å². The van der Waals surface area contributed by atoms with Gasteiger partial charge < -0.3 is 5.11 Å². The maximum Gasteiger partial charge on any atom is 0.335 e. The molecule has 0 spiro atoms. The smallest absolute Gasteiger partial charge is 0.335 e. The number of tetrazole rings is 1. The zero-order chi connectivity index (χ0) is 17.1. The van der Waals surface area contributed by atoms with Crippen LogP contribution in [-0.2, 0) is 0 Å². The topological polar surface area (TPSA) is 98.0 Å². The lowest BCUT2D eigenvalue weighted by molar-refractivity contribution is 0.0696. The largest absolute Gasteiger partial charge is 0.478 e. The average Bonchev–Trinajstić information content (AvgIpc) is 3.21. The van der Waals surface area contributed by atoms with Gasteiger partial charge in [-0.3, -0.25) is 4.79 Å². The Morgan fingerprint density at radius 2 is 1.96 bits per heavy atom. The molecule has 0 fully saturated rings. The van der Waals surface area contributed by atoms with Crippen LogP contribution in [0, 0.1) is 0 Å². The first-order valence-corrected chi connectivity index (χ1v) is 8.76.